The van der Waals surface area contributed by atoms with Crippen LogP contribution in [0.25, 0.3) is 16.5 Å². The number of rotatable bonds is 2. The summed E-state index contributed by atoms with van der Waals surface area (Å²) in [4.78, 5) is 4.36. The van der Waals surface area contributed by atoms with Gasteiger partial charge in [-0.1, -0.05) is 18.7 Å². The molecule has 0 aromatic carbocycles. The van der Waals surface area contributed by atoms with Crippen molar-refractivity contribution in [2.75, 3.05) is 0 Å². The molecule has 15 heavy (non-hydrogen) atoms. The second-order valence-electron chi connectivity index (χ2n) is 3.51. The van der Waals surface area contributed by atoms with Crippen LogP contribution in [0.2, 0.25) is 0 Å². The van der Waals surface area contributed by atoms with Crippen molar-refractivity contribution in [1.29, 1.82) is 0 Å². The van der Waals surface area contributed by atoms with Gasteiger partial charge in [0.2, 0.25) is 0 Å². The van der Waals surface area contributed by atoms with Crippen LogP contribution in [0.15, 0.2) is 41.5 Å². The van der Waals surface area contributed by atoms with E-state index in [1.807, 2.05) is 32.1 Å². The van der Waals surface area contributed by atoms with Crippen LogP contribution < -0.4 is 0 Å². The third-order valence-electron chi connectivity index (χ3n) is 2.31. The van der Waals surface area contributed by atoms with Gasteiger partial charge in [-0.3, -0.25) is 4.98 Å². The molecule has 0 aliphatic carbocycles. The summed E-state index contributed by atoms with van der Waals surface area (Å²) >= 11 is 0. The molecule has 2 aromatic heterocycles. The molecule has 0 aliphatic heterocycles. The fourth-order valence-electron chi connectivity index (χ4n) is 1.66. The predicted molar refractivity (Wildman–Crippen MR) is 62.6 cm³/mol. The summed E-state index contributed by atoms with van der Waals surface area (Å²) in [6.45, 7) is 7.64. The van der Waals surface area contributed by atoms with Gasteiger partial charge in [-0.05, 0) is 31.6 Å². The van der Waals surface area contributed by atoms with E-state index < -0.39 is 0 Å². The predicted octanol–water partition coefficient (Wildman–Crippen LogP) is 3.73. The smallest absolute Gasteiger partial charge is 0.137 e. The average molecular weight is 199 g/mol. The molecule has 2 nitrogen and oxygen atoms in total. The highest BCUT2D eigenvalue weighted by Crippen LogP contribution is 2.25. The first-order valence-electron chi connectivity index (χ1n) is 4.87. The van der Waals surface area contributed by atoms with Gasteiger partial charge in [-0.25, -0.2) is 0 Å². The molecule has 2 heterocycles. The number of nitrogens with zero attached hydrogens (tertiary/aromatic N) is 1. The fourth-order valence-corrected chi connectivity index (χ4v) is 1.66. The number of fused-ring (bicyclic) bond motifs is 1. The largest absolute Gasteiger partial charge is 0.461 e. The molecule has 0 N–H and O–H groups in total. The molecule has 0 unspecified atom stereocenters. The average Bonchev–Trinajstić information content (AvgIpc) is 2.57. The second-order valence-corrected chi connectivity index (χ2v) is 3.51. The molecule has 0 saturated heterocycles. The molecular weight excluding hydrogens is 186 g/mol. The van der Waals surface area contributed by atoms with Crippen molar-refractivity contribution in [3.63, 3.8) is 0 Å². The quantitative estimate of drug-likeness (QED) is 0.689. The maximum Gasteiger partial charge on any atom is 0.137 e. The summed E-state index contributed by atoms with van der Waals surface area (Å²) in [6.07, 6.45) is 5.48. The summed E-state index contributed by atoms with van der Waals surface area (Å²) in [6, 6.07) is 3.89. The molecule has 0 aliphatic rings. The number of hydrogen-bond donors (Lipinski definition) is 0. The van der Waals surface area contributed by atoms with Crippen molar-refractivity contribution < 1.29 is 4.42 Å². The molecule has 0 fully saturated rings. The van der Waals surface area contributed by atoms with Crippen LogP contribution in [0, 0.1) is 6.92 Å². The van der Waals surface area contributed by atoms with E-state index in [2.05, 4.69) is 11.6 Å². The summed E-state index contributed by atoms with van der Waals surface area (Å²) < 4.78 is 5.54. The van der Waals surface area contributed by atoms with Crippen LogP contribution in [0.3, 0.4) is 0 Å². The van der Waals surface area contributed by atoms with Crippen molar-refractivity contribution in [3.8, 4) is 0 Å². The Balaban J connectivity index is 2.70. The number of pyridine rings is 1. The van der Waals surface area contributed by atoms with E-state index in [9.17, 15) is 0 Å². The Morgan fingerprint density at radius 2 is 2.33 bits per heavy atom. The number of allylic oxidation sites excluding steroid dienone is 3. The summed E-state index contributed by atoms with van der Waals surface area (Å²) in [5, 5.41) is 1.06. The van der Waals surface area contributed by atoms with Gasteiger partial charge in [0.05, 0.1) is 5.69 Å². The van der Waals surface area contributed by atoms with Crippen LogP contribution in [-0.4, -0.2) is 4.98 Å². The van der Waals surface area contributed by atoms with Gasteiger partial charge in [0.1, 0.15) is 11.3 Å². The van der Waals surface area contributed by atoms with E-state index in [1.165, 1.54) is 0 Å². The van der Waals surface area contributed by atoms with Crippen LogP contribution in [0.4, 0.5) is 0 Å². The van der Waals surface area contributed by atoms with Crippen LogP contribution in [0.5, 0.6) is 0 Å². The first-order chi connectivity index (χ1) is 7.22. The van der Waals surface area contributed by atoms with E-state index in [0.29, 0.717) is 0 Å². The van der Waals surface area contributed by atoms with Crippen molar-refractivity contribution in [3.05, 3.63) is 48.5 Å². The highest BCUT2D eigenvalue weighted by atomic mass is 16.3. The zero-order chi connectivity index (χ0) is 10.8. The van der Waals surface area contributed by atoms with Gasteiger partial charge >= 0.3 is 0 Å². The van der Waals surface area contributed by atoms with Gasteiger partial charge in [0, 0.05) is 11.6 Å². The van der Waals surface area contributed by atoms with Gasteiger partial charge in [0.15, 0.2) is 0 Å². The lowest BCUT2D eigenvalue weighted by Gasteiger charge is -1.99. The third-order valence-corrected chi connectivity index (χ3v) is 2.31. The standard InChI is InChI=1S/C13H13NO/c1-4-5-9(2)13-11-8-10(3)15-12(11)6-7-14-13/h4-8H,1H2,2-3H3/b9-5+. The SMILES string of the molecule is C=C/C=C(\C)c1nccc2oc(C)cc12. The maximum absolute atomic E-state index is 5.54. The minimum atomic E-state index is 0.884. The third kappa shape index (κ3) is 1.71. The first kappa shape index (κ1) is 9.71. The van der Waals surface area contributed by atoms with Crippen molar-refractivity contribution in [2.45, 2.75) is 13.8 Å². The zero-order valence-electron chi connectivity index (χ0n) is 8.95. The summed E-state index contributed by atoms with van der Waals surface area (Å²) in [5.74, 6) is 0.908. The minimum absolute atomic E-state index is 0.884. The molecule has 2 rings (SSSR count). The fraction of sp³-hybridized carbons (Fsp3) is 0.154. The Labute approximate surface area is 88.9 Å². The van der Waals surface area contributed by atoms with E-state index in [-0.39, 0.29) is 0 Å². The molecule has 76 valence electrons. The Kier molecular flexibility index (Phi) is 2.42. The lowest BCUT2D eigenvalue weighted by molar-refractivity contribution is 0.578. The monoisotopic (exact) mass is 199 g/mol. The van der Waals surface area contributed by atoms with Crippen LogP contribution >= 0.6 is 0 Å². The van der Waals surface area contributed by atoms with E-state index in [4.69, 9.17) is 4.42 Å². The normalized spacial score (nSPS) is 12.0. The molecule has 0 bridgehead atoms. The van der Waals surface area contributed by atoms with Gasteiger partial charge < -0.3 is 4.42 Å². The van der Waals surface area contributed by atoms with E-state index in [0.717, 1.165) is 28.0 Å². The number of furan rings is 1. The minimum Gasteiger partial charge on any atom is -0.461 e. The highest BCUT2D eigenvalue weighted by molar-refractivity contribution is 5.89. The van der Waals surface area contributed by atoms with E-state index >= 15 is 0 Å². The molecule has 0 saturated carbocycles. The zero-order valence-corrected chi connectivity index (χ0v) is 8.95. The van der Waals surface area contributed by atoms with E-state index in [1.54, 1.807) is 12.3 Å². The lowest BCUT2D eigenvalue weighted by Crippen LogP contribution is -1.85. The van der Waals surface area contributed by atoms with Crippen molar-refractivity contribution in [1.82, 2.24) is 4.98 Å². The summed E-state index contributed by atoms with van der Waals surface area (Å²) in [7, 11) is 0. The molecule has 0 amide bonds. The summed E-state index contributed by atoms with van der Waals surface area (Å²) in [5.41, 5.74) is 2.94. The lowest BCUT2D eigenvalue weighted by atomic mass is 10.1. The Morgan fingerprint density at radius 3 is 3.07 bits per heavy atom. The topological polar surface area (TPSA) is 26.0 Å². The van der Waals surface area contributed by atoms with Gasteiger partial charge in [-0.2, -0.15) is 0 Å². The molecule has 2 aromatic rings. The Bertz CT molecular complexity index is 534. The number of hydrogen-bond acceptors (Lipinski definition) is 2. The van der Waals surface area contributed by atoms with Gasteiger partial charge in [0.25, 0.3) is 0 Å². The van der Waals surface area contributed by atoms with Gasteiger partial charge in [-0.15, -0.1) is 0 Å². The highest BCUT2D eigenvalue weighted by Gasteiger charge is 2.07. The second kappa shape index (κ2) is 3.73. The molecule has 0 atom stereocenters. The van der Waals surface area contributed by atoms with Crippen molar-refractivity contribution >= 4 is 16.5 Å². The maximum atomic E-state index is 5.54. The molecule has 0 spiro atoms. The Hall–Kier alpha value is -1.83. The number of aryl methyl sites for hydroxylation is 1. The Morgan fingerprint density at radius 1 is 1.53 bits per heavy atom. The molecule has 0 radical (unpaired) electrons. The number of aromatic nitrogens is 1. The molecule has 2 heteroatoms. The molecular formula is C13H13NO. The van der Waals surface area contributed by atoms with Crippen molar-refractivity contribution in [2.24, 2.45) is 0 Å². The van der Waals surface area contributed by atoms with Crippen LogP contribution in [0.1, 0.15) is 18.4 Å². The first-order valence-corrected chi connectivity index (χ1v) is 4.87. The van der Waals surface area contributed by atoms with Crippen LogP contribution in [-0.2, 0) is 0 Å².